The molecule has 1 amide bonds. The molecule has 0 aliphatic carbocycles. The predicted molar refractivity (Wildman–Crippen MR) is 102 cm³/mol. The maximum absolute atomic E-state index is 13.8. The Kier molecular flexibility index (Phi) is 5.21. The first-order valence-corrected chi connectivity index (χ1v) is 9.08. The Morgan fingerprint density at radius 1 is 1.00 bits per heavy atom. The Bertz CT molecular complexity index is 996. The van der Waals surface area contributed by atoms with Crippen molar-refractivity contribution in [2.45, 2.75) is 0 Å². The second kappa shape index (κ2) is 7.94. The van der Waals surface area contributed by atoms with Crippen molar-refractivity contribution in [2.24, 2.45) is 0 Å². The van der Waals surface area contributed by atoms with E-state index in [1.54, 1.807) is 11.0 Å². The number of halogens is 2. The lowest BCUT2D eigenvalue weighted by molar-refractivity contribution is -0.137. The van der Waals surface area contributed by atoms with Gasteiger partial charge in [0.25, 0.3) is 5.91 Å². The Labute approximate surface area is 161 Å². The number of carbonyl (C=O) groups excluding carboxylic acids is 1. The molecule has 0 bridgehead atoms. The van der Waals surface area contributed by atoms with Gasteiger partial charge in [0.15, 0.2) is 6.61 Å². The molecule has 3 aromatic rings. The zero-order chi connectivity index (χ0) is 19.5. The monoisotopic (exact) mass is 383 g/mol. The Morgan fingerprint density at radius 3 is 2.46 bits per heavy atom. The van der Waals surface area contributed by atoms with E-state index in [4.69, 9.17) is 9.47 Å². The van der Waals surface area contributed by atoms with Gasteiger partial charge in [-0.25, -0.2) is 8.78 Å². The minimum Gasteiger partial charge on any atom is -0.483 e. The van der Waals surface area contributed by atoms with Gasteiger partial charge < -0.3 is 14.4 Å². The molecule has 1 heterocycles. The Hall–Kier alpha value is -2.99. The van der Waals surface area contributed by atoms with Crippen LogP contribution in [0.1, 0.15) is 0 Å². The van der Waals surface area contributed by atoms with Crippen LogP contribution in [-0.2, 0) is 9.53 Å². The number of fused-ring (bicyclic) bond motifs is 1. The molecule has 0 saturated carbocycles. The van der Waals surface area contributed by atoms with Gasteiger partial charge in [-0.1, -0.05) is 30.3 Å². The van der Waals surface area contributed by atoms with Crippen LogP contribution in [0, 0.1) is 11.6 Å². The first-order chi connectivity index (χ1) is 13.6. The highest BCUT2D eigenvalue weighted by atomic mass is 19.1. The van der Waals surface area contributed by atoms with Crippen LogP contribution in [0.25, 0.3) is 21.9 Å². The van der Waals surface area contributed by atoms with E-state index < -0.39 is 11.6 Å². The summed E-state index contributed by atoms with van der Waals surface area (Å²) in [5.74, 6) is -1.07. The molecule has 0 unspecified atom stereocenters. The van der Waals surface area contributed by atoms with Crippen molar-refractivity contribution in [3.05, 3.63) is 66.2 Å². The van der Waals surface area contributed by atoms with Crippen LogP contribution >= 0.6 is 0 Å². The molecule has 4 nitrogen and oxygen atoms in total. The van der Waals surface area contributed by atoms with E-state index in [0.717, 1.165) is 16.8 Å². The summed E-state index contributed by atoms with van der Waals surface area (Å²) in [4.78, 5) is 14.1. The molecule has 0 atom stereocenters. The fourth-order valence-corrected chi connectivity index (χ4v) is 3.41. The summed E-state index contributed by atoms with van der Waals surface area (Å²) in [7, 11) is 0. The second-order valence-electron chi connectivity index (χ2n) is 6.60. The van der Waals surface area contributed by atoms with E-state index in [0.29, 0.717) is 43.2 Å². The molecule has 0 N–H and O–H groups in total. The highest BCUT2D eigenvalue weighted by molar-refractivity contribution is 5.99. The first kappa shape index (κ1) is 18.4. The molecule has 0 radical (unpaired) electrons. The molecule has 1 aliphatic rings. The van der Waals surface area contributed by atoms with E-state index in [1.807, 2.05) is 30.3 Å². The summed E-state index contributed by atoms with van der Waals surface area (Å²) >= 11 is 0. The molecule has 0 aromatic heterocycles. The van der Waals surface area contributed by atoms with Crippen molar-refractivity contribution in [3.63, 3.8) is 0 Å². The van der Waals surface area contributed by atoms with Crippen molar-refractivity contribution >= 4 is 16.7 Å². The van der Waals surface area contributed by atoms with Crippen LogP contribution in [0.15, 0.2) is 54.6 Å². The van der Waals surface area contributed by atoms with Gasteiger partial charge in [0.2, 0.25) is 0 Å². The SMILES string of the molecule is O=C(COc1ccc2ccccc2c1-c1cc(F)cc(F)c1)N1CCOCC1. The summed E-state index contributed by atoms with van der Waals surface area (Å²) in [6.07, 6.45) is 0. The summed E-state index contributed by atoms with van der Waals surface area (Å²) in [5.41, 5.74) is 0.925. The number of ether oxygens (including phenoxy) is 2. The van der Waals surface area contributed by atoms with Crippen molar-refractivity contribution in [1.29, 1.82) is 0 Å². The standard InChI is InChI=1S/C22H19F2NO3/c23-17-11-16(12-18(24)13-17)22-19-4-2-1-3-15(19)5-6-20(22)28-14-21(26)25-7-9-27-10-8-25/h1-6,11-13H,7-10,14H2. The third-order valence-corrected chi connectivity index (χ3v) is 4.76. The average Bonchev–Trinajstić information content (AvgIpc) is 2.71. The van der Waals surface area contributed by atoms with Crippen LogP contribution in [0.4, 0.5) is 8.78 Å². The lowest BCUT2D eigenvalue weighted by Crippen LogP contribution is -2.43. The van der Waals surface area contributed by atoms with E-state index in [2.05, 4.69) is 0 Å². The van der Waals surface area contributed by atoms with Crippen LogP contribution in [-0.4, -0.2) is 43.7 Å². The summed E-state index contributed by atoms with van der Waals surface area (Å²) in [6.45, 7) is 1.93. The lowest BCUT2D eigenvalue weighted by Gasteiger charge is -2.27. The van der Waals surface area contributed by atoms with Gasteiger partial charge in [-0.15, -0.1) is 0 Å². The zero-order valence-electron chi connectivity index (χ0n) is 15.2. The van der Waals surface area contributed by atoms with Crippen molar-refractivity contribution in [1.82, 2.24) is 4.90 Å². The van der Waals surface area contributed by atoms with E-state index in [-0.39, 0.29) is 12.5 Å². The average molecular weight is 383 g/mol. The zero-order valence-corrected chi connectivity index (χ0v) is 15.2. The summed E-state index contributed by atoms with van der Waals surface area (Å²) in [5, 5.41) is 1.71. The normalized spacial score (nSPS) is 14.3. The fourth-order valence-electron chi connectivity index (χ4n) is 3.41. The molecule has 3 aromatic carbocycles. The third kappa shape index (κ3) is 3.82. The number of nitrogens with zero attached hydrogens (tertiary/aromatic N) is 1. The summed E-state index contributed by atoms with van der Waals surface area (Å²) in [6, 6.07) is 14.5. The summed E-state index contributed by atoms with van der Waals surface area (Å²) < 4.78 is 38.8. The Morgan fingerprint density at radius 2 is 1.71 bits per heavy atom. The number of amides is 1. The maximum Gasteiger partial charge on any atom is 0.260 e. The van der Waals surface area contributed by atoms with Crippen LogP contribution in [0.5, 0.6) is 5.75 Å². The predicted octanol–water partition coefficient (Wildman–Crippen LogP) is 4.02. The van der Waals surface area contributed by atoms with Gasteiger partial charge in [0.05, 0.1) is 13.2 Å². The van der Waals surface area contributed by atoms with E-state index in [9.17, 15) is 13.6 Å². The molecule has 1 fully saturated rings. The molecule has 1 aliphatic heterocycles. The van der Waals surface area contributed by atoms with E-state index in [1.165, 1.54) is 12.1 Å². The fraction of sp³-hybridized carbons (Fsp3) is 0.227. The van der Waals surface area contributed by atoms with Gasteiger partial charge in [-0.05, 0) is 34.5 Å². The number of hydrogen-bond donors (Lipinski definition) is 0. The first-order valence-electron chi connectivity index (χ1n) is 9.08. The number of rotatable bonds is 4. The van der Waals surface area contributed by atoms with Gasteiger partial charge >= 0.3 is 0 Å². The minimum absolute atomic E-state index is 0.146. The highest BCUT2D eigenvalue weighted by Gasteiger charge is 2.19. The number of morpholine rings is 1. The third-order valence-electron chi connectivity index (χ3n) is 4.76. The molecular formula is C22H19F2NO3. The van der Waals surface area contributed by atoms with Gasteiger partial charge in [-0.2, -0.15) is 0 Å². The molecule has 1 saturated heterocycles. The van der Waals surface area contributed by atoms with Gasteiger partial charge in [0, 0.05) is 24.7 Å². The molecule has 144 valence electrons. The van der Waals surface area contributed by atoms with Crippen molar-refractivity contribution < 1.29 is 23.0 Å². The number of hydrogen-bond acceptors (Lipinski definition) is 3. The highest BCUT2D eigenvalue weighted by Crippen LogP contribution is 2.37. The quantitative estimate of drug-likeness (QED) is 0.683. The Balaban J connectivity index is 1.70. The molecule has 6 heteroatoms. The minimum atomic E-state index is -0.668. The number of carbonyl (C=O) groups is 1. The number of benzene rings is 3. The van der Waals surface area contributed by atoms with Crippen LogP contribution in [0.3, 0.4) is 0 Å². The largest absolute Gasteiger partial charge is 0.483 e. The smallest absolute Gasteiger partial charge is 0.260 e. The van der Waals surface area contributed by atoms with Gasteiger partial charge in [-0.3, -0.25) is 4.79 Å². The van der Waals surface area contributed by atoms with Gasteiger partial charge in [0.1, 0.15) is 17.4 Å². The maximum atomic E-state index is 13.8. The van der Waals surface area contributed by atoms with Crippen LogP contribution in [0.2, 0.25) is 0 Å². The molecular weight excluding hydrogens is 364 g/mol. The second-order valence-corrected chi connectivity index (χ2v) is 6.60. The molecule has 4 rings (SSSR count). The topological polar surface area (TPSA) is 38.8 Å². The van der Waals surface area contributed by atoms with Crippen molar-refractivity contribution in [3.8, 4) is 16.9 Å². The lowest BCUT2D eigenvalue weighted by atomic mass is 9.97. The van der Waals surface area contributed by atoms with Crippen molar-refractivity contribution in [2.75, 3.05) is 32.9 Å². The van der Waals surface area contributed by atoms with E-state index >= 15 is 0 Å². The molecule has 28 heavy (non-hydrogen) atoms. The van der Waals surface area contributed by atoms with Crippen LogP contribution < -0.4 is 4.74 Å². The molecule has 0 spiro atoms.